The summed E-state index contributed by atoms with van der Waals surface area (Å²) in [5, 5.41) is 3.05. The van der Waals surface area contributed by atoms with E-state index in [1.807, 2.05) is 0 Å². The summed E-state index contributed by atoms with van der Waals surface area (Å²) in [5.74, 6) is 1.57. The van der Waals surface area contributed by atoms with Gasteiger partial charge in [-0.1, -0.05) is 59.8 Å². The first-order valence-electron chi connectivity index (χ1n) is 7.15. The van der Waals surface area contributed by atoms with Gasteiger partial charge in [-0.05, 0) is 17.3 Å². The highest BCUT2D eigenvalue weighted by atomic mass is 16.1. The number of hydrogen-bond donors (Lipinski definition) is 1. The van der Waals surface area contributed by atoms with Gasteiger partial charge in [-0.2, -0.15) is 0 Å². The van der Waals surface area contributed by atoms with Crippen molar-refractivity contribution in [1.82, 2.24) is 5.32 Å². The van der Waals surface area contributed by atoms with E-state index in [1.165, 1.54) is 32.1 Å². The normalized spacial score (nSPS) is 20.0. The van der Waals surface area contributed by atoms with Gasteiger partial charge < -0.3 is 5.32 Å². The number of hydrogen-bond acceptors (Lipinski definition) is 1. The summed E-state index contributed by atoms with van der Waals surface area (Å²) in [6.45, 7) is 9.48. The van der Waals surface area contributed by atoms with Crippen LogP contribution in [0.15, 0.2) is 0 Å². The Labute approximate surface area is 107 Å². The van der Waals surface area contributed by atoms with Crippen molar-refractivity contribution < 1.29 is 4.79 Å². The van der Waals surface area contributed by atoms with E-state index in [0.29, 0.717) is 12.3 Å². The maximum atomic E-state index is 11.8. The third kappa shape index (κ3) is 6.09. The summed E-state index contributed by atoms with van der Waals surface area (Å²) in [5.41, 5.74) is 0.184. The van der Waals surface area contributed by atoms with E-state index in [4.69, 9.17) is 0 Å². The molecule has 1 rings (SSSR count). The fourth-order valence-electron chi connectivity index (χ4n) is 2.60. The van der Waals surface area contributed by atoms with E-state index < -0.39 is 0 Å². The van der Waals surface area contributed by atoms with Crippen LogP contribution in [-0.4, -0.2) is 12.5 Å². The van der Waals surface area contributed by atoms with E-state index in [1.54, 1.807) is 0 Å². The molecule has 1 N–H and O–H groups in total. The van der Waals surface area contributed by atoms with Crippen LogP contribution >= 0.6 is 0 Å². The minimum absolute atomic E-state index is 0.184. The lowest BCUT2D eigenvalue weighted by molar-refractivity contribution is -0.122. The number of nitrogens with one attached hydrogen (secondary N) is 1. The number of rotatable bonds is 4. The van der Waals surface area contributed by atoms with E-state index in [2.05, 4.69) is 33.0 Å². The molecule has 17 heavy (non-hydrogen) atoms. The summed E-state index contributed by atoms with van der Waals surface area (Å²) in [7, 11) is 0. The highest BCUT2D eigenvalue weighted by Crippen LogP contribution is 2.31. The van der Waals surface area contributed by atoms with Crippen molar-refractivity contribution in [2.75, 3.05) is 6.54 Å². The van der Waals surface area contributed by atoms with Crippen molar-refractivity contribution in [2.24, 2.45) is 17.3 Å². The van der Waals surface area contributed by atoms with Gasteiger partial charge in [0.15, 0.2) is 0 Å². The molecule has 0 bridgehead atoms. The average molecular weight is 239 g/mol. The minimum atomic E-state index is 0.184. The molecule has 1 aliphatic rings. The maximum Gasteiger partial charge on any atom is 0.220 e. The SMILES string of the molecule is CC(CC(=O)NCC(C)(C)C)C1CCCCC1. The maximum absolute atomic E-state index is 11.8. The first-order chi connectivity index (χ1) is 7.88. The molecular formula is C15H29NO. The largest absolute Gasteiger partial charge is 0.356 e. The fraction of sp³-hybridized carbons (Fsp3) is 0.933. The van der Waals surface area contributed by atoms with Crippen LogP contribution in [0.5, 0.6) is 0 Å². The molecule has 1 unspecified atom stereocenters. The lowest BCUT2D eigenvalue weighted by Crippen LogP contribution is -2.34. The summed E-state index contributed by atoms with van der Waals surface area (Å²) < 4.78 is 0. The van der Waals surface area contributed by atoms with Crippen molar-refractivity contribution in [3.05, 3.63) is 0 Å². The zero-order valence-corrected chi connectivity index (χ0v) is 12.0. The van der Waals surface area contributed by atoms with Gasteiger partial charge in [0.25, 0.3) is 0 Å². The van der Waals surface area contributed by atoms with Crippen molar-refractivity contribution in [1.29, 1.82) is 0 Å². The third-order valence-electron chi connectivity index (χ3n) is 3.78. The molecule has 0 aromatic carbocycles. The summed E-state index contributed by atoms with van der Waals surface area (Å²) >= 11 is 0. The molecule has 2 nitrogen and oxygen atoms in total. The molecule has 0 radical (unpaired) electrons. The van der Waals surface area contributed by atoms with Gasteiger partial charge in [0.1, 0.15) is 0 Å². The van der Waals surface area contributed by atoms with Crippen molar-refractivity contribution >= 4 is 5.91 Å². The quantitative estimate of drug-likeness (QED) is 0.795. The Kier molecular flexibility index (Phi) is 5.48. The zero-order chi connectivity index (χ0) is 12.9. The molecule has 0 aromatic heterocycles. The topological polar surface area (TPSA) is 29.1 Å². The summed E-state index contributed by atoms with van der Waals surface area (Å²) in [6.07, 6.45) is 7.47. The lowest BCUT2D eigenvalue weighted by atomic mass is 9.79. The lowest BCUT2D eigenvalue weighted by Gasteiger charge is -2.27. The summed E-state index contributed by atoms with van der Waals surface area (Å²) in [4.78, 5) is 11.8. The second-order valence-electron chi connectivity index (χ2n) is 6.92. The van der Waals surface area contributed by atoms with Crippen molar-refractivity contribution in [2.45, 2.75) is 66.2 Å². The first-order valence-corrected chi connectivity index (χ1v) is 7.15. The Morgan fingerprint density at radius 3 is 2.35 bits per heavy atom. The highest BCUT2D eigenvalue weighted by molar-refractivity contribution is 5.76. The molecule has 0 aliphatic heterocycles. The Morgan fingerprint density at radius 2 is 1.82 bits per heavy atom. The monoisotopic (exact) mass is 239 g/mol. The van der Waals surface area contributed by atoms with Crippen molar-refractivity contribution in [3.63, 3.8) is 0 Å². The third-order valence-corrected chi connectivity index (χ3v) is 3.78. The molecule has 0 spiro atoms. The second-order valence-corrected chi connectivity index (χ2v) is 6.92. The van der Waals surface area contributed by atoms with E-state index in [0.717, 1.165) is 12.5 Å². The summed E-state index contributed by atoms with van der Waals surface area (Å²) in [6, 6.07) is 0. The van der Waals surface area contributed by atoms with Gasteiger partial charge in [-0.25, -0.2) is 0 Å². The second kappa shape index (κ2) is 6.42. The van der Waals surface area contributed by atoms with Gasteiger partial charge in [0.2, 0.25) is 5.91 Å². The van der Waals surface area contributed by atoms with Crippen LogP contribution in [0.3, 0.4) is 0 Å². The molecule has 100 valence electrons. The van der Waals surface area contributed by atoms with Crippen LogP contribution in [0.2, 0.25) is 0 Å². The molecule has 0 heterocycles. The Morgan fingerprint density at radius 1 is 1.24 bits per heavy atom. The molecule has 1 atom stereocenters. The zero-order valence-electron chi connectivity index (χ0n) is 12.0. The Bertz CT molecular complexity index is 236. The Hall–Kier alpha value is -0.530. The van der Waals surface area contributed by atoms with Crippen LogP contribution in [0.1, 0.15) is 66.2 Å². The van der Waals surface area contributed by atoms with Crippen LogP contribution in [-0.2, 0) is 4.79 Å². The van der Waals surface area contributed by atoms with Gasteiger partial charge >= 0.3 is 0 Å². The van der Waals surface area contributed by atoms with Crippen LogP contribution < -0.4 is 5.32 Å². The first kappa shape index (κ1) is 14.5. The average Bonchev–Trinajstić information content (AvgIpc) is 2.27. The van der Waals surface area contributed by atoms with Crippen molar-refractivity contribution in [3.8, 4) is 0 Å². The van der Waals surface area contributed by atoms with Gasteiger partial charge in [-0.15, -0.1) is 0 Å². The van der Waals surface area contributed by atoms with Crippen LogP contribution in [0.25, 0.3) is 0 Å². The predicted octanol–water partition coefficient (Wildman–Crippen LogP) is 3.76. The molecule has 1 aliphatic carbocycles. The predicted molar refractivity (Wildman–Crippen MR) is 72.8 cm³/mol. The molecule has 0 aromatic rings. The molecule has 1 saturated carbocycles. The smallest absolute Gasteiger partial charge is 0.220 e. The van der Waals surface area contributed by atoms with E-state index in [9.17, 15) is 4.79 Å². The highest BCUT2D eigenvalue weighted by Gasteiger charge is 2.22. The van der Waals surface area contributed by atoms with Crippen LogP contribution in [0.4, 0.5) is 0 Å². The molecular weight excluding hydrogens is 210 g/mol. The van der Waals surface area contributed by atoms with Gasteiger partial charge in [0, 0.05) is 13.0 Å². The van der Waals surface area contributed by atoms with Crippen LogP contribution in [0, 0.1) is 17.3 Å². The standard InChI is InChI=1S/C15H29NO/c1-12(13-8-6-5-7-9-13)10-14(17)16-11-15(2,3)4/h12-13H,5-11H2,1-4H3,(H,16,17). The number of carbonyl (C=O) groups excluding carboxylic acids is 1. The minimum Gasteiger partial charge on any atom is -0.356 e. The number of carbonyl (C=O) groups is 1. The molecule has 2 heteroatoms. The number of amides is 1. The molecule has 1 fully saturated rings. The Balaban J connectivity index is 2.25. The molecule has 1 amide bonds. The van der Waals surface area contributed by atoms with Gasteiger partial charge in [-0.3, -0.25) is 4.79 Å². The molecule has 0 saturated heterocycles. The van der Waals surface area contributed by atoms with Gasteiger partial charge in [0.05, 0.1) is 0 Å². The van der Waals surface area contributed by atoms with E-state index in [-0.39, 0.29) is 11.3 Å². The fourth-order valence-corrected chi connectivity index (χ4v) is 2.60. The van der Waals surface area contributed by atoms with E-state index >= 15 is 0 Å².